The van der Waals surface area contributed by atoms with Gasteiger partial charge in [-0.3, -0.25) is 4.99 Å². The summed E-state index contributed by atoms with van der Waals surface area (Å²) in [6.45, 7) is 5.16. The molecule has 5 nitrogen and oxygen atoms in total. The van der Waals surface area contributed by atoms with Gasteiger partial charge < -0.3 is 19.5 Å². The molecule has 1 N–H and O–H groups in total. The summed E-state index contributed by atoms with van der Waals surface area (Å²) in [4.78, 5) is 6.36. The second-order valence-corrected chi connectivity index (χ2v) is 5.08. The molecular formula is C14H25ClN4O. The molecule has 0 aliphatic rings. The number of halogens is 1. The molecule has 0 unspecified atom stereocenters. The number of rotatable bonds is 7. The molecule has 0 aliphatic carbocycles. The van der Waals surface area contributed by atoms with Crippen molar-refractivity contribution in [1.82, 2.24) is 14.8 Å². The maximum atomic E-state index is 6.00. The number of aromatic nitrogens is 1. The smallest absolute Gasteiger partial charge is 0.193 e. The third-order valence-corrected chi connectivity index (χ3v) is 3.21. The van der Waals surface area contributed by atoms with Crippen LogP contribution in [-0.2, 0) is 18.3 Å². The van der Waals surface area contributed by atoms with Gasteiger partial charge in [0.05, 0.1) is 11.6 Å². The Hall–Kier alpha value is -1.20. The van der Waals surface area contributed by atoms with E-state index < -0.39 is 0 Å². The van der Waals surface area contributed by atoms with Crippen LogP contribution in [0.5, 0.6) is 0 Å². The minimum Gasteiger partial charge on any atom is -0.382 e. The van der Waals surface area contributed by atoms with Gasteiger partial charge in [0.1, 0.15) is 0 Å². The monoisotopic (exact) mass is 300 g/mol. The molecule has 0 radical (unpaired) electrons. The third-order valence-electron chi connectivity index (χ3n) is 3.00. The topological polar surface area (TPSA) is 41.8 Å². The molecule has 1 aromatic heterocycles. The lowest BCUT2D eigenvalue weighted by molar-refractivity contribution is 0.145. The first-order valence-electron chi connectivity index (χ1n) is 6.88. The van der Waals surface area contributed by atoms with Crippen LogP contribution in [0.15, 0.2) is 17.3 Å². The Bertz CT molecular complexity index is 431. The predicted molar refractivity (Wildman–Crippen MR) is 84.4 cm³/mol. The van der Waals surface area contributed by atoms with Crippen LogP contribution in [0.2, 0.25) is 5.02 Å². The fourth-order valence-corrected chi connectivity index (χ4v) is 2.22. The van der Waals surface area contributed by atoms with Gasteiger partial charge in [-0.25, -0.2) is 0 Å². The third kappa shape index (κ3) is 5.43. The molecule has 114 valence electrons. The molecule has 6 heteroatoms. The zero-order valence-electron chi connectivity index (χ0n) is 12.8. The highest BCUT2D eigenvalue weighted by atomic mass is 35.5. The van der Waals surface area contributed by atoms with Crippen LogP contribution in [0, 0.1) is 0 Å². The van der Waals surface area contributed by atoms with Gasteiger partial charge in [0, 0.05) is 52.8 Å². The average molecular weight is 301 g/mol. The van der Waals surface area contributed by atoms with Crippen molar-refractivity contribution in [2.75, 3.05) is 33.9 Å². The molecule has 1 rings (SSSR count). The van der Waals surface area contributed by atoms with E-state index >= 15 is 0 Å². The van der Waals surface area contributed by atoms with Gasteiger partial charge in [-0.05, 0) is 19.4 Å². The van der Waals surface area contributed by atoms with Crippen LogP contribution >= 0.6 is 11.6 Å². The van der Waals surface area contributed by atoms with Gasteiger partial charge in [0.2, 0.25) is 0 Å². The Balaban J connectivity index is 2.43. The van der Waals surface area contributed by atoms with Crippen LogP contribution in [0.1, 0.15) is 19.0 Å². The summed E-state index contributed by atoms with van der Waals surface area (Å²) in [6, 6.07) is 1.97. The van der Waals surface area contributed by atoms with E-state index in [1.54, 1.807) is 7.05 Å². The average Bonchev–Trinajstić information content (AvgIpc) is 2.72. The fourth-order valence-electron chi connectivity index (χ4n) is 1.94. The number of ether oxygens (including phenoxy) is 1. The van der Waals surface area contributed by atoms with E-state index in [-0.39, 0.29) is 0 Å². The standard InChI is InChI=1S/C14H25ClN4O/c1-5-20-8-6-7-17-14(16-2)19(4)11-13-9-12(15)10-18(13)3/h9-10H,5-8,11H2,1-4H3,(H,16,17). The van der Waals surface area contributed by atoms with Gasteiger partial charge in [0.15, 0.2) is 5.96 Å². The van der Waals surface area contributed by atoms with E-state index in [0.29, 0.717) is 0 Å². The molecule has 0 saturated heterocycles. The summed E-state index contributed by atoms with van der Waals surface area (Å²) in [5.41, 5.74) is 1.15. The van der Waals surface area contributed by atoms with Crippen molar-refractivity contribution in [3.05, 3.63) is 23.0 Å². The van der Waals surface area contributed by atoms with Crippen molar-refractivity contribution >= 4 is 17.6 Å². The SMILES string of the molecule is CCOCCCNC(=NC)N(C)Cc1cc(Cl)cn1C. The molecule has 0 spiro atoms. The zero-order chi connectivity index (χ0) is 15.0. The molecule has 0 saturated carbocycles. The highest BCUT2D eigenvalue weighted by Gasteiger charge is 2.09. The molecule has 20 heavy (non-hydrogen) atoms. The summed E-state index contributed by atoms with van der Waals surface area (Å²) < 4.78 is 7.34. The van der Waals surface area contributed by atoms with Gasteiger partial charge in [-0.1, -0.05) is 11.6 Å². The number of hydrogen-bond acceptors (Lipinski definition) is 2. The second kappa shape index (κ2) is 8.87. The number of aliphatic imine (C=N–C) groups is 1. The second-order valence-electron chi connectivity index (χ2n) is 4.64. The minimum atomic E-state index is 0.758. The molecule has 0 fully saturated rings. The lowest BCUT2D eigenvalue weighted by Gasteiger charge is -2.22. The molecule has 0 bridgehead atoms. The summed E-state index contributed by atoms with van der Waals surface area (Å²) in [5, 5.41) is 4.09. The normalized spacial score (nSPS) is 11.8. The first-order chi connectivity index (χ1) is 9.58. The Kier molecular flexibility index (Phi) is 7.47. The van der Waals surface area contributed by atoms with Crippen molar-refractivity contribution in [2.45, 2.75) is 19.9 Å². The maximum absolute atomic E-state index is 6.00. The minimum absolute atomic E-state index is 0.758. The zero-order valence-corrected chi connectivity index (χ0v) is 13.6. The predicted octanol–water partition coefficient (Wildman–Crippen LogP) is 2.11. The number of nitrogens with one attached hydrogen (secondary N) is 1. The molecule has 0 aliphatic heterocycles. The van der Waals surface area contributed by atoms with E-state index in [1.165, 1.54) is 0 Å². The van der Waals surface area contributed by atoms with Crippen LogP contribution in [0.3, 0.4) is 0 Å². The van der Waals surface area contributed by atoms with Crippen molar-refractivity contribution < 1.29 is 4.74 Å². The van der Waals surface area contributed by atoms with E-state index in [1.807, 2.05) is 37.8 Å². The van der Waals surface area contributed by atoms with E-state index in [2.05, 4.69) is 15.2 Å². The molecule has 0 amide bonds. The van der Waals surface area contributed by atoms with Gasteiger partial charge in [0.25, 0.3) is 0 Å². The van der Waals surface area contributed by atoms with Crippen LogP contribution in [0.25, 0.3) is 0 Å². The maximum Gasteiger partial charge on any atom is 0.193 e. The Morgan fingerprint density at radius 1 is 1.55 bits per heavy atom. The first-order valence-corrected chi connectivity index (χ1v) is 7.26. The van der Waals surface area contributed by atoms with E-state index in [0.717, 1.165) is 49.4 Å². The number of aryl methyl sites for hydroxylation is 1. The quantitative estimate of drug-likeness (QED) is 0.476. The fraction of sp³-hybridized carbons (Fsp3) is 0.643. The molecule has 0 aromatic carbocycles. The number of guanidine groups is 1. The van der Waals surface area contributed by atoms with Crippen molar-refractivity contribution in [3.8, 4) is 0 Å². The molecule has 1 heterocycles. The van der Waals surface area contributed by atoms with E-state index in [9.17, 15) is 0 Å². The van der Waals surface area contributed by atoms with Gasteiger partial charge in [-0.15, -0.1) is 0 Å². The Morgan fingerprint density at radius 3 is 2.85 bits per heavy atom. The van der Waals surface area contributed by atoms with Crippen LogP contribution in [-0.4, -0.2) is 49.3 Å². The van der Waals surface area contributed by atoms with Crippen molar-refractivity contribution in [1.29, 1.82) is 0 Å². The lowest BCUT2D eigenvalue weighted by Crippen LogP contribution is -2.39. The highest BCUT2D eigenvalue weighted by molar-refractivity contribution is 6.30. The Labute approximate surface area is 126 Å². The van der Waals surface area contributed by atoms with Crippen LogP contribution < -0.4 is 5.32 Å². The summed E-state index contributed by atoms with van der Waals surface area (Å²) in [7, 11) is 5.80. The molecule has 1 aromatic rings. The number of hydrogen-bond donors (Lipinski definition) is 1. The summed E-state index contributed by atoms with van der Waals surface area (Å²) in [5.74, 6) is 0.874. The van der Waals surface area contributed by atoms with Gasteiger partial charge in [-0.2, -0.15) is 0 Å². The van der Waals surface area contributed by atoms with Crippen molar-refractivity contribution in [2.24, 2.45) is 12.0 Å². The number of nitrogens with zero attached hydrogens (tertiary/aromatic N) is 3. The molecular weight excluding hydrogens is 276 g/mol. The lowest BCUT2D eigenvalue weighted by atomic mass is 10.4. The summed E-state index contributed by atoms with van der Waals surface area (Å²) >= 11 is 6.00. The largest absolute Gasteiger partial charge is 0.382 e. The summed E-state index contributed by atoms with van der Waals surface area (Å²) in [6.07, 6.45) is 2.87. The first kappa shape index (κ1) is 16.9. The Morgan fingerprint density at radius 2 is 2.30 bits per heavy atom. The van der Waals surface area contributed by atoms with E-state index in [4.69, 9.17) is 16.3 Å². The molecule has 0 atom stereocenters. The highest BCUT2D eigenvalue weighted by Crippen LogP contribution is 2.14. The van der Waals surface area contributed by atoms with Crippen molar-refractivity contribution in [3.63, 3.8) is 0 Å². The van der Waals surface area contributed by atoms with Crippen LogP contribution in [0.4, 0.5) is 0 Å². The van der Waals surface area contributed by atoms with Gasteiger partial charge >= 0.3 is 0 Å².